The molecule has 3 nitrogen and oxygen atoms in total. The maximum Gasteiger partial charge on any atom is 0.0449 e. The Morgan fingerprint density at radius 1 is 1.20 bits per heavy atom. The number of likely N-dealkylation sites (N-methyl/N-ethyl adjacent to an activating group) is 2. The van der Waals surface area contributed by atoms with E-state index in [-0.39, 0.29) is 0 Å². The highest BCUT2D eigenvalue weighted by atomic mass is 15.2. The van der Waals surface area contributed by atoms with Crippen LogP contribution in [0.2, 0.25) is 0 Å². The van der Waals surface area contributed by atoms with Crippen LogP contribution in [0.1, 0.15) is 31.4 Å². The molecule has 0 bridgehead atoms. The first-order chi connectivity index (χ1) is 9.79. The van der Waals surface area contributed by atoms with E-state index < -0.39 is 0 Å². The molecule has 1 N–H and O–H groups in total. The minimum atomic E-state index is 0.435. The van der Waals surface area contributed by atoms with E-state index in [1.54, 1.807) is 0 Å². The zero-order chi connectivity index (χ0) is 14.2. The lowest BCUT2D eigenvalue weighted by Gasteiger charge is -2.26. The standard InChI is InChI=1S/C17H29N3/c1-3-18-17(16-9-5-4-6-10-16)15-19(2)13-14-20-11-7-8-12-20/h4-6,9-10,17-18H,3,7-8,11-15H2,1-2H3. The Kier molecular flexibility index (Phi) is 6.51. The van der Waals surface area contributed by atoms with Crippen molar-refractivity contribution in [2.75, 3.05) is 46.3 Å². The van der Waals surface area contributed by atoms with Crippen LogP contribution < -0.4 is 5.32 Å². The Balaban J connectivity index is 1.80. The highest BCUT2D eigenvalue weighted by Gasteiger charge is 2.15. The third-order valence-corrected chi connectivity index (χ3v) is 4.14. The highest BCUT2D eigenvalue weighted by molar-refractivity contribution is 5.19. The molecule has 1 unspecified atom stereocenters. The van der Waals surface area contributed by atoms with Gasteiger partial charge in [-0.1, -0.05) is 37.3 Å². The third-order valence-electron chi connectivity index (χ3n) is 4.14. The van der Waals surface area contributed by atoms with Crippen molar-refractivity contribution >= 4 is 0 Å². The normalized spacial score (nSPS) is 17.8. The summed E-state index contributed by atoms with van der Waals surface area (Å²) in [6, 6.07) is 11.2. The van der Waals surface area contributed by atoms with Gasteiger partial charge >= 0.3 is 0 Å². The SMILES string of the molecule is CCNC(CN(C)CCN1CCCC1)c1ccccc1. The molecule has 1 fully saturated rings. The van der Waals surface area contributed by atoms with Crippen LogP contribution in [0.3, 0.4) is 0 Å². The number of benzene rings is 1. The second-order valence-corrected chi connectivity index (χ2v) is 5.83. The molecule has 1 aromatic rings. The predicted octanol–water partition coefficient (Wildman–Crippen LogP) is 2.36. The van der Waals surface area contributed by atoms with Crippen LogP contribution in [0.25, 0.3) is 0 Å². The summed E-state index contributed by atoms with van der Waals surface area (Å²) in [5.41, 5.74) is 1.39. The fourth-order valence-corrected chi connectivity index (χ4v) is 2.94. The van der Waals surface area contributed by atoms with Gasteiger partial charge in [-0.3, -0.25) is 0 Å². The Labute approximate surface area is 124 Å². The Hall–Kier alpha value is -0.900. The van der Waals surface area contributed by atoms with E-state index in [0.29, 0.717) is 6.04 Å². The molecule has 0 aromatic heterocycles. The average molecular weight is 275 g/mol. The van der Waals surface area contributed by atoms with Gasteiger partial charge in [0.15, 0.2) is 0 Å². The lowest BCUT2D eigenvalue weighted by Crippen LogP contribution is -2.37. The number of hydrogen-bond acceptors (Lipinski definition) is 3. The molecule has 0 amide bonds. The highest BCUT2D eigenvalue weighted by Crippen LogP contribution is 2.14. The molecule has 1 saturated heterocycles. The van der Waals surface area contributed by atoms with Crippen LogP contribution in [-0.4, -0.2) is 56.1 Å². The largest absolute Gasteiger partial charge is 0.309 e. The van der Waals surface area contributed by atoms with Crippen molar-refractivity contribution in [3.8, 4) is 0 Å². The second kappa shape index (κ2) is 8.40. The Morgan fingerprint density at radius 2 is 1.90 bits per heavy atom. The zero-order valence-corrected chi connectivity index (χ0v) is 13.0. The monoisotopic (exact) mass is 275 g/mol. The zero-order valence-electron chi connectivity index (χ0n) is 13.0. The van der Waals surface area contributed by atoms with E-state index in [9.17, 15) is 0 Å². The van der Waals surface area contributed by atoms with E-state index in [1.165, 1.54) is 38.0 Å². The van der Waals surface area contributed by atoms with Crippen LogP contribution in [-0.2, 0) is 0 Å². The molecule has 3 heteroatoms. The quantitative estimate of drug-likeness (QED) is 0.786. The minimum absolute atomic E-state index is 0.435. The molecule has 1 aliphatic rings. The van der Waals surface area contributed by atoms with E-state index in [1.807, 2.05) is 0 Å². The molecule has 1 aromatic carbocycles. The van der Waals surface area contributed by atoms with Gasteiger partial charge in [0, 0.05) is 25.7 Å². The molecule has 112 valence electrons. The summed E-state index contributed by atoms with van der Waals surface area (Å²) in [5, 5.41) is 3.60. The second-order valence-electron chi connectivity index (χ2n) is 5.83. The average Bonchev–Trinajstić information content (AvgIpc) is 2.99. The minimum Gasteiger partial charge on any atom is -0.309 e. The summed E-state index contributed by atoms with van der Waals surface area (Å²) in [7, 11) is 2.24. The molecule has 2 rings (SSSR count). The molecule has 0 saturated carbocycles. The van der Waals surface area contributed by atoms with E-state index in [2.05, 4.69) is 59.4 Å². The van der Waals surface area contributed by atoms with Gasteiger partial charge in [0.2, 0.25) is 0 Å². The molecular weight excluding hydrogens is 246 g/mol. The first-order valence-electron chi connectivity index (χ1n) is 7.99. The van der Waals surface area contributed by atoms with Gasteiger partial charge in [-0.2, -0.15) is 0 Å². The third kappa shape index (κ3) is 4.89. The van der Waals surface area contributed by atoms with Gasteiger partial charge in [0.25, 0.3) is 0 Å². The van der Waals surface area contributed by atoms with E-state index >= 15 is 0 Å². The molecule has 0 radical (unpaired) electrons. The number of likely N-dealkylation sites (tertiary alicyclic amines) is 1. The van der Waals surface area contributed by atoms with Gasteiger partial charge in [-0.15, -0.1) is 0 Å². The van der Waals surface area contributed by atoms with Crippen molar-refractivity contribution in [1.29, 1.82) is 0 Å². The predicted molar refractivity (Wildman–Crippen MR) is 86.0 cm³/mol. The first kappa shape index (κ1) is 15.5. The summed E-state index contributed by atoms with van der Waals surface area (Å²) in [5.74, 6) is 0. The van der Waals surface area contributed by atoms with Crippen molar-refractivity contribution < 1.29 is 0 Å². The van der Waals surface area contributed by atoms with Crippen molar-refractivity contribution in [2.45, 2.75) is 25.8 Å². The molecule has 20 heavy (non-hydrogen) atoms. The van der Waals surface area contributed by atoms with Gasteiger partial charge < -0.3 is 15.1 Å². The first-order valence-corrected chi connectivity index (χ1v) is 7.99. The van der Waals surface area contributed by atoms with Crippen molar-refractivity contribution in [3.05, 3.63) is 35.9 Å². The molecule has 1 heterocycles. The summed E-state index contributed by atoms with van der Waals surface area (Å²) in [4.78, 5) is 5.04. The van der Waals surface area contributed by atoms with Crippen molar-refractivity contribution in [3.63, 3.8) is 0 Å². The van der Waals surface area contributed by atoms with Gasteiger partial charge in [-0.05, 0) is 45.1 Å². The number of rotatable bonds is 8. The summed E-state index contributed by atoms with van der Waals surface area (Å²) in [6.07, 6.45) is 2.77. The number of nitrogens with zero attached hydrogens (tertiary/aromatic N) is 2. The maximum absolute atomic E-state index is 3.60. The fraction of sp³-hybridized carbons (Fsp3) is 0.647. The van der Waals surface area contributed by atoms with Crippen molar-refractivity contribution in [2.24, 2.45) is 0 Å². The molecular formula is C17H29N3. The van der Waals surface area contributed by atoms with Crippen LogP contribution in [0.5, 0.6) is 0 Å². The fourth-order valence-electron chi connectivity index (χ4n) is 2.94. The van der Waals surface area contributed by atoms with Gasteiger partial charge in [0.1, 0.15) is 0 Å². The van der Waals surface area contributed by atoms with Crippen LogP contribution in [0, 0.1) is 0 Å². The topological polar surface area (TPSA) is 18.5 Å². The molecule has 0 spiro atoms. The molecule has 1 atom stereocenters. The number of nitrogens with one attached hydrogen (secondary N) is 1. The molecule has 0 aliphatic carbocycles. The Morgan fingerprint density at radius 3 is 2.55 bits per heavy atom. The summed E-state index contributed by atoms with van der Waals surface area (Å²) in [6.45, 7) is 9.23. The van der Waals surface area contributed by atoms with Gasteiger partial charge in [-0.25, -0.2) is 0 Å². The summed E-state index contributed by atoms with van der Waals surface area (Å²) < 4.78 is 0. The van der Waals surface area contributed by atoms with Crippen molar-refractivity contribution in [1.82, 2.24) is 15.1 Å². The smallest absolute Gasteiger partial charge is 0.0449 e. The van der Waals surface area contributed by atoms with E-state index in [4.69, 9.17) is 0 Å². The van der Waals surface area contributed by atoms with Crippen LogP contribution >= 0.6 is 0 Å². The van der Waals surface area contributed by atoms with Crippen LogP contribution in [0.15, 0.2) is 30.3 Å². The lowest BCUT2D eigenvalue weighted by molar-refractivity contribution is 0.239. The van der Waals surface area contributed by atoms with Gasteiger partial charge in [0.05, 0.1) is 0 Å². The van der Waals surface area contributed by atoms with Crippen LogP contribution in [0.4, 0.5) is 0 Å². The van der Waals surface area contributed by atoms with E-state index in [0.717, 1.165) is 19.6 Å². The maximum atomic E-state index is 3.60. The number of hydrogen-bond donors (Lipinski definition) is 1. The molecule has 1 aliphatic heterocycles. The summed E-state index contributed by atoms with van der Waals surface area (Å²) >= 11 is 0. The Bertz CT molecular complexity index is 360. The lowest BCUT2D eigenvalue weighted by atomic mass is 10.1.